The second-order valence-electron chi connectivity index (χ2n) is 10.9. The number of carbonyl (C=O) groups excluding carboxylic acids is 1. The predicted octanol–water partition coefficient (Wildman–Crippen LogP) is 4.93. The molecule has 28 heavy (non-hydrogen) atoms. The first-order valence-corrected chi connectivity index (χ1v) is 12.3. The topological polar surface area (TPSA) is 54.5 Å². The van der Waals surface area contributed by atoms with E-state index in [1.54, 1.807) is 0 Å². The van der Waals surface area contributed by atoms with E-state index in [4.69, 9.17) is 0 Å². The number of sulfonamides is 1. The molecule has 0 aromatic carbocycles. The fourth-order valence-corrected chi connectivity index (χ4v) is 8.59. The number of hydrogen-bond acceptors (Lipinski definition) is 3. The fraction of sp³-hybridized carbons (Fsp3) is 0.783. The summed E-state index contributed by atoms with van der Waals surface area (Å²) in [6, 6.07) is -0.127. The van der Waals surface area contributed by atoms with Gasteiger partial charge < -0.3 is 0 Å². The van der Waals surface area contributed by atoms with Crippen LogP contribution in [0.3, 0.4) is 0 Å². The molecule has 0 unspecified atom stereocenters. The highest BCUT2D eigenvalue weighted by molar-refractivity contribution is 7.90. The molecule has 5 heteroatoms. The van der Waals surface area contributed by atoms with Crippen LogP contribution in [-0.2, 0) is 14.8 Å². The third kappa shape index (κ3) is 3.28. The van der Waals surface area contributed by atoms with Crippen molar-refractivity contribution in [1.82, 2.24) is 4.31 Å². The monoisotopic (exact) mass is 407 g/mol. The first-order chi connectivity index (χ1) is 12.7. The molecule has 1 heterocycles. The lowest BCUT2D eigenvalue weighted by atomic mass is 9.69. The molecule has 1 amide bonds. The third-order valence-electron chi connectivity index (χ3n) is 8.09. The minimum Gasteiger partial charge on any atom is -0.273 e. The number of amides is 1. The zero-order chi connectivity index (χ0) is 21.1. The summed E-state index contributed by atoms with van der Waals surface area (Å²) in [4.78, 5) is 13.3. The summed E-state index contributed by atoms with van der Waals surface area (Å²) in [5.41, 5.74) is 0.713. The van der Waals surface area contributed by atoms with E-state index in [2.05, 4.69) is 40.3 Å². The van der Waals surface area contributed by atoms with Crippen LogP contribution < -0.4 is 0 Å². The Labute approximate surface area is 171 Å². The second kappa shape index (κ2) is 6.72. The van der Waals surface area contributed by atoms with E-state index in [-0.39, 0.29) is 39.9 Å². The van der Waals surface area contributed by atoms with E-state index in [1.165, 1.54) is 4.31 Å². The number of nitrogens with zero attached hydrogens (tertiary/aromatic N) is 1. The van der Waals surface area contributed by atoms with Crippen molar-refractivity contribution in [2.75, 3.05) is 5.75 Å². The molecule has 0 N–H and O–H groups in total. The summed E-state index contributed by atoms with van der Waals surface area (Å²) < 4.78 is 27.4. The Morgan fingerprint density at radius 2 is 2.00 bits per heavy atom. The molecule has 0 aromatic heterocycles. The molecule has 2 aliphatic carbocycles. The molecular formula is C23H37NO3S. The number of allylic oxidation sites excluding steroid dienone is 3. The molecular weight excluding hydrogens is 370 g/mol. The maximum Gasteiger partial charge on any atom is 0.239 e. The van der Waals surface area contributed by atoms with Crippen LogP contribution in [0.15, 0.2) is 24.3 Å². The normalized spacial score (nSPS) is 34.0. The van der Waals surface area contributed by atoms with Crippen molar-refractivity contribution in [3.63, 3.8) is 0 Å². The zero-order valence-electron chi connectivity index (χ0n) is 18.4. The number of carbonyl (C=O) groups is 1. The van der Waals surface area contributed by atoms with Gasteiger partial charge in [-0.3, -0.25) is 4.79 Å². The molecule has 3 fully saturated rings. The van der Waals surface area contributed by atoms with E-state index in [1.807, 2.05) is 19.9 Å². The highest BCUT2D eigenvalue weighted by Crippen LogP contribution is 2.70. The number of fused-ring (bicyclic) bond motifs is 1. The zero-order valence-corrected chi connectivity index (χ0v) is 19.2. The van der Waals surface area contributed by atoms with Crippen molar-refractivity contribution in [1.29, 1.82) is 0 Å². The Morgan fingerprint density at radius 3 is 2.57 bits per heavy atom. The molecule has 3 rings (SSSR count). The summed E-state index contributed by atoms with van der Waals surface area (Å²) in [5, 5.41) is 0. The summed E-state index contributed by atoms with van der Waals surface area (Å²) in [5.74, 6) is 0.207. The SMILES string of the molecule is C=C(C)/C=C/C(C)(C)CC[C@H](C)C(=O)N1[C@H]2C[C@@H]3CC[C@@]2(CS1(=O)=O)C3(C)C. The summed E-state index contributed by atoms with van der Waals surface area (Å²) >= 11 is 0. The van der Waals surface area contributed by atoms with Gasteiger partial charge in [-0.05, 0) is 55.8 Å². The number of rotatable bonds is 6. The Hall–Kier alpha value is -1.10. The molecule has 2 bridgehead atoms. The molecule has 4 atom stereocenters. The van der Waals surface area contributed by atoms with Crippen LogP contribution in [0.25, 0.3) is 0 Å². The van der Waals surface area contributed by atoms with Gasteiger partial charge in [0.25, 0.3) is 0 Å². The number of hydrogen-bond donors (Lipinski definition) is 0. The van der Waals surface area contributed by atoms with Crippen LogP contribution in [0, 0.1) is 28.1 Å². The van der Waals surface area contributed by atoms with Gasteiger partial charge in [0.1, 0.15) is 0 Å². The van der Waals surface area contributed by atoms with Crippen LogP contribution in [0.1, 0.15) is 73.6 Å². The van der Waals surface area contributed by atoms with Crippen LogP contribution in [-0.4, -0.2) is 30.4 Å². The summed E-state index contributed by atoms with van der Waals surface area (Å²) in [6.07, 6.45) is 8.54. The van der Waals surface area contributed by atoms with Gasteiger partial charge in [-0.1, -0.05) is 58.9 Å². The van der Waals surface area contributed by atoms with Gasteiger partial charge >= 0.3 is 0 Å². The molecule has 3 aliphatic rings. The van der Waals surface area contributed by atoms with Gasteiger partial charge in [-0.15, -0.1) is 0 Å². The second-order valence-corrected chi connectivity index (χ2v) is 12.7. The highest BCUT2D eigenvalue weighted by Gasteiger charge is 2.72. The Morgan fingerprint density at radius 1 is 1.36 bits per heavy atom. The Kier molecular flexibility index (Phi) is 5.18. The molecule has 0 aromatic rings. The smallest absolute Gasteiger partial charge is 0.239 e. The molecule has 1 saturated heterocycles. The van der Waals surface area contributed by atoms with Crippen molar-refractivity contribution >= 4 is 15.9 Å². The molecule has 2 saturated carbocycles. The molecule has 0 radical (unpaired) electrons. The van der Waals surface area contributed by atoms with Gasteiger partial charge in [-0.2, -0.15) is 0 Å². The van der Waals surface area contributed by atoms with E-state index < -0.39 is 10.0 Å². The van der Waals surface area contributed by atoms with Gasteiger partial charge in [-0.25, -0.2) is 12.7 Å². The lowest BCUT2D eigenvalue weighted by molar-refractivity contribution is -0.133. The van der Waals surface area contributed by atoms with Crippen molar-refractivity contribution < 1.29 is 13.2 Å². The van der Waals surface area contributed by atoms with Crippen LogP contribution >= 0.6 is 0 Å². The molecule has 1 aliphatic heterocycles. The van der Waals surface area contributed by atoms with Crippen molar-refractivity contribution in [2.45, 2.75) is 79.7 Å². The molecule has 158 valence electrons. The van der Waals surface area contributed by atoms with Crippen molar-refractivity contribution in [2.24, 2.45) is 28.1 Å². The van der Waals surface area contributed by atoms with Gasteiger partial charge in [0.2, 0.25) is 15.9 Å². The highest BCUT2D eigenvalue weighted by atomic mass is 32.2. The summed E-state index contributed by atoms with van der Waals surface area (Å²) in [7, 11) is -3.52. The van der Waals surface area contributed by atoms with E-state index in [9.17, 15) is 13.2 Å². The molecule has 1 spiro atoms. The minimum absolute atomic E-state index is 0.00165. The third-order valence-corrected chi connectivity index (χ3v) is 10.0. The largest absolute Gasteiger partial charge is 0.273 e. The Balaban J connectivity index is 1.75. The van der Waals surface area contributed by atoms with E-state index in [0.717, 1.165) is 31.3 Å². The van der Waals surface area contributed by atoms with E-state index in [0.29, 0.717) is 12.3 Å². The van der Waals surface area contributed by atoms with Gasteiger partial charge in [0, 0.05) is 11.3 Å². The van der Waals surface area contributed by atoms with Crippen LogP contribution in [0.4, 0.5) is 0 Å². The van der Waals surface area contributed by atoms with Crippen molar-refractivity contribution in [3.05, 3.63) is 24.3 Å². The lowest BCUT2D eigenvalue weighted by Crippen LogP contribution is -2.46. The average Bonchev–Trinajstić information content (AvgIpc) is 3.05. The predicted molar refractivity (Wildman–Crippen MR) is 114 cm³/mol. The quantitative estimate of drug-likeness (QED) is 0.587. The van der Waals surface area contributed by atoms with Gasteiger partial charge in [0.05, 0.1) is 11.8 Å². The van der Waals surface area contributed by atoms with Gasteiger partial charge in [0.15, 0.2) is 0 Å². The first-order valence-electron chi connectivity index (χ1n) is 10.6. The van der Waals surface area contributed by atoms with Crippen LogP contribution in [0.2, 0.25) is 0 Å². The fourth-order valence-electron chi connectivity index (χ4n) is 5.96. The maximum atomic E-state index is 13.3. The molecule has 4 nitrogen and oxygen atoms in total. The maximum absolute atomic E-state index is 13.3. The van der Waals surface area contributed by atoms with Crippen LogP contribution in [0.5, 0.6) is 0 Å². The standard InChI is InChI=1S/C23H37NO3S/c1-16(2)8-11-21(4,5)12-9-17(3)20(25)24-19-14-18-10-13-23(19,22(18,6)7)15-28(24,26)27/h8,11,17-19H,1,9-10,12-15H2,2-7H3/b11-8+/t17-,18-,19-,23-/m0/s1. The average molecular weight is 408 g/mol. The first kappa shape index (κ1) is 21.6. The van der Waals surface area contributed by atoms with E-state index >= 15 is 0 Å². The minimum atomic E-state index is -3.52. The lowest BCUT2D eigenvalue weighted by Gasteiger charge is -2.37. The Bertz CT molecular complexity index is 808. The summed E-state index contributed by atoms with van der Waals surface area (Å²) in [6.45, 7) is 16.5. The van der Waals surface area contributed by atoms with Crippen molar-refractivity contribution in [3.8, 4) is 0 Å².